The number of aryl methyl sites for hydroxylation is 2. The van der Waals surface area contributed by atoms with Crippen LogP contribution >= 0.6 is 11.3 Å². The van der Waals surface area contributed by atoms with E-state index in [1.165, 1.54) is 4.70 Å². The fraction of sp³-hybridized carbons (Fsp3) is 0.263. The summed E-state index contributed by atoms with van der Waals surface area (Å²) in [5.41, 5.74) is 2.48. The number of thiazole rings is 1. The van der Waals surface area contributed by atoms with Gasteiger partial charge in [0.05, 0.1) is 20.9 Å². The molecule has 0 spiro atoms. The number of carbonyl (C=O) groups is 1. The molecule has 0 aliphatic rings. The summed E-state index contributed by atoms with van der Waals surface area (Å²) in [5.74, 6) is 0.0382. The van der Waals surface area contributed by atoms with Gasteiger partial charge in [0.1, 0.15) is 5.75 Å². The number of anilines is 1. The summed E-state index contributed by atoms with van der Waals surface area (Å²) in [6.07, 6.45) is 3.06. The number of nitrogens with one attached hydrogen (secondary N) is 1. The van der Waals surface area contributed by atoms with Crippen molar-refractivity contribution in [3.8, 4) is 5.75 Å². The molecule has 3 aromatic rings. The maximum Gasteiger partial charge on any atom is 0.224 e. The van der Waals surface area contributed by atoms with E-state index in [0.29, 0.717) is 12.1 Å². The molecule has 0 bridgehead atoms. The van der Waals surface area contributed by atoms with Crippen molar-refractivity contribution in [1.82, 2.24) is 4.98 Å². The third-order valence-electron chi connectivity index (χ3n) is 3.81. The summed E-state index contributed by atoms with van der Waals surface area (Å²) in [7, 11) is 0. The number of para-hydroxylation sites is 1. The Morgan fingerprint density at radius 3 is 2.83 bits per heavy atom. The second kappa shape index (κ2) is 7.45. The quantitative estimate of drug-likeness (QED) is 0.507. The first-order chi connectivity index (χ1) is 11.6. The van der Waals surface area contributed by atoms with Crippen molar-refractivity contribution in [3.05, 3.63) is 53.0 Å². The normalized spacial score (nSPS) is 10.9. The van der Waals surface area contributed by atoms with Crippen molar-refractivity contribution in [2.75, 3.05) is 5.32 Å². The SMILES string of the molecule is Cc1ccc(NC(=O)CCCCc2nc3ccccc3s2)c(O)c1. The van der Waals surface area contributed by atoms with Gasteiger partial charge in [0.15, 0.2) is 0 Å². The zero-order chi connectivity index (χ0) is 16.9. The predicted octanol–water partition coefficient (Wildman–Crippen LogP) is 4.66. The van der Waals surface area contributed by atoms with E-state index in [9.17, 15) is 9.90 Å². The van der Waals surface area contributed by atoms with Gasteiger partial charge in [0, 0.05) is 6.42 Å². The Morgan fingerprint density at radius 1 is 1.21 bits per heavy atom. The molecule has 4 nitrogen and oxygen atoms in total. The van der Waals surface area contributed by atoms with E-state index >= 15 is 0 Å². The van der Waals surface area contributed by atoms with Crippen LogP contribution in [0.5, 0.6) is 5.75 Å². The van der Waals surface area contributed by atoms with Crippen LogP contribution in [0.1, 0.15) is 29.8 Å². The van der Waals surface area contributed by atoms with Gasteiger partial charge in [-0.25, -0.2) is 4.98 Å². The van der Waals surface area contributed by atoms with Gasteiger partial charge in [-0.3, -0.25) is 4.79 Å². The Balaban J connectivity index is 1.45. The average molecular weight is 340 g/mol. The van der Waals surface area contributed by atoms with Crippen LogP contribution < -0.4 is 5.32 Å². The molecule has 0 saturated heterocycles. The molecule has 1 aromatic heterocycles. The summed E-state index contributed by atoms with van der Waals surface area (Å²) < 4.78 is 1.21. The number of benzene rings is 2. The number of unbranched alkanes of at least 4 members (excludes halogenated alkanes) is 1. The van der Waals surface area contributed by atoms with Crippen LogP contribution in [-0.2, 0) is 11.2 Å². The molecule has 124 valence electrons. The monoisotopic (exact) mass is 340 g/mol. The minimum Gasteiger partial charge on any atom is -0.506 e. The lowest BCUT2D eigenvalue weighted by molar-refractivity contribution is -0.116. The van der Waals surface area contributed by atoms with Gasteiger partial charge in [0.2, 0.25) is 5.91 Å². The first-order valence-electron chi connectivity index (χ1n) is 8.06. The molecule has 0 radical (unpaired) electrons. The van der Waals surface area contributed by atoms with Gasteiger partial charge in [-0.05, 0) is 56.0 Å². The molecular formula is C19H20N2O2S. The zero-order valence-electron chi connectivity index (χ0n) is 13.6. The van der Waals surface area contributed by atoms with E-state index < -0.39 is 0 Å². The molecule has 0 unspecified atom stereocenters. The van der Waals surface area contributed by atoms with Crippen LogP contribution in [0.25, 0.3) is 10.2 Å². The maximum absolute atomic E-state index is 12.0. The van der Waals surface area contributed by atoms with Crippen molar-refractivity contribution in [3.63, 3.8) is 0 Å². The van der Waals surface area contributed by atoms with E-state index in [1.807, 2.05) is 31.2 Å². The van der Waals surface area contributed by atoms with E-state index in [2.05, 4.69) is 16.4 Å². The third kappa shape index (κ3) is 4.11. The molecule has 1 heterocycles. The van der Waals surface area contributed by atoms with Gasteiger partial charge in [-0.2, -0.15) is 0 Å². The molecular weight excluding hydrogens is 320 g/mol. The topological polar surface area (TPSA) is 62.2 Å². The number of rotatable bonds is 6. The third-order valence-corrected chi connectivity index (χ3v) is 4.91. The predicted molar refractivity (Wildman–Crippen MR) is 98.6 cm³/mol. The van der Waals surface area contributed by atoms with Crippen LogP contribution in [0, 0.1) is 6.92 Å². The van der Waals surface area contributed by atoms with Crippen LogP contribution in [0.4, 0.5) is 5.69 Å². The van der Waals surface area contributed by atoms with Crippen molar-refractivity contribution in [2.24, 2.45) is 0 Å². The van der Waals surface area contributed by atoms with E-state index in [4.69, 9.17) is 0 Å². The lowest BCUT2D eigenvalue weighted by Crippen LogP contribution is -2.11. The molecule has 5 heteroatoms. The minimum absolute atomic E-state index is 0.0709. The molecule has 24 heavy (non-hydrogen) atoms. The van der Waals surface area contributed by atoms with Crippen molar-refractivity contribution < 1.29 is 9.90 Å². The van der Waals surface area contributed by atoms with Gasteiger partial charge in [-0.15, -0.1) is 11.3 Å². The summed E-state index contributed by atoms with van der Waals surface area (Å²) in [5, 5.41) is 13.7. The van der Waals surface area contributed by atoms with Crippen molar-refractivity contribution in [1.29, 1.82) is 0 Å². The first kappa shape index (κ1) is 16.5. The molecule has 0 atom stereocenters. The number of hydrogen-bond acceptors (Lipinski definition) is 4. The highest BCUT2D eigenvalue weighted by molar-refractivity contribution is 7.18. The number of nitrogens with zero attached hydrogens (tertiary/aromatic N) is 1. The van der Waals surface area contributed by atoms with Gasteiger partial charge in [-0.1, -0.05) is 18.2 Å². The maximum atomic E-state index is 12.0. The molecule has 0 aliphatic carbocycles. The molecule has 1 amide bonds. The second-order valence-electron chi connectivity index (χ2n) is 5.85. The number of carbonyl (C=O) groups excluding carboxylic acids is 1. The fourth-order valence-corrected chi connectivity index (χ4v) is 3.56. The largest absolute Gasteiger partial charge is 0.506 e. The highest BCUT2D eigenvalue weighted by Gasteiger charge is 2.07. The van der Waals surface area contributed by atoms with Crippen LogP contribution in [0.2, 0.25) is 0 Å². The zero-order valence-corrected chi connectivity index (χ0v) is 14.4. The number of aromatic hydroxyl groups is 1. The molecule has 2 aromatic carbocycles. The molecule has 3 rings (SSSR count). The fourth-order valence-electron chi connectivity index (χ4n) is 2.55. The summed E-state index contributed by atoms with van der Waals surface area (Å²) in [4.78, 5) is 16.6. The second-order valence-corrected chi connectivity index (χ2v) is 6.97. The highest BCUT2D eigenvalue weighted by atomic mass is 32.1. The van der Waals surface area contributed by atoms with E-state index in [-0.39, 0.29) is 11.7 Å². The first-order valence-corrected chi connectivity index (χ1v) is 8.87. The minimum atomic E-state index is -0.0709. The average Bonchev–Trinajstić information content (AvgIpc) is 2.97. The Bertz CT molecular complexity index is 824. The van der Waals surface area contributed by atoms with Gasteiger partial charge in [0.25, 0.3) is 0 Å². The molecule has 0 aliphatic heterocycles. The summed E-state index contributed by atoms with van der Waals surface area (Å²) >= 11 is 1.72. The number of hydrogen-bond donors (Lipinski definition) is 2. The Morgan fingerprint density at radius 2 is 2.04 bits per heavy atom. The van der Waals surface area contributed by atoms with Gasteiger partial charge < -0.3 is 10.4 Å². The van der Waals surface area contributed by atoms with E-state index in [1.54, 1.807) is 23.5 Å². The van der Waals surface area contributed by atoms with Crippen LogP contribution in [0.15, 0.2) is 42.5 Å². The summed E-state index contributed by atoms with van der Waals surface area (Å²) in [6.45, 7) is 1.90. The van der Waals surface area contributed by atoms with Gasteiger partial charge >= 0.3 is 0 Å². The lowest BCUT2D eigenvalue weighted by atomic mass is 10.1. The Labute approximate surface area is 145 Å². The van der Waals surface area contributed by atoms with Crippen LogP contribution in [-0.4, -0.2) is 16.0 Å². The standard InChI is InChI=1S/C19H20N2O2S/c1-13-10-11-14(16(22)12-13)20-18(23)8-4-5-9-19-21-15-6-2-3-7-17(15)24-19/h2-3,6-7,10-12,22H,4-5,8-9H2,1H3,(H,20,23). The highest BCUT2D eigenvalue weighted by Crippen LogP contribution is 2.25. The smallest absolute Gasteiger partial charge is 0.224 e. The Kier molecular flexibility index (Phi) is 5.11. The number of aromatic nitrogens is 1. The van der Waals surface area contributed by atoms with Crippen molar-refractivity contribution in [2.45, 2.75) is 32.6 Å². The number of phenolic OH excluding ortho intramolecular Hbond substituents is 1. The number of phenols is 1. The Hall–Kier alpha value is -2.40. The molecule has 0 saturated carbocycles. The molecule has 2 N–H and O–H groups in total. The van der Waals surface area contributed by atoms with Crippen molar-refractivity contribution >= 4 is 33.1 Å². The van der Waals surface area contributed by atoms with E-state index in [0.717, 1.165) is 35.4 Å². The molecule has 0 fully saturated rings. The lowest BCUT2D eigenvalue weighted by Gasteiger charge is -2.07. The number of fused-ring (bicyclic) bond motifs is 1. The summed E-state index contributed by atoms with van der Waals surface area (Å²) in [6, 6.07) is 13.4. The number of amides is 1. The van der Waals surface area contributed by atoms with Crippen LogP contribution in [0.3, 0.4) is 0 Å².